The minimum Gasteiger partial charge on any atom is -0.379 e. The van der Waals surface area contributed by atoms with E-state index in [9.17, 15) is 18.0 Å². The number of morpholine rings is 1. The molecule has 9 heteroatoms. The van der Waals surface area contributed by atoms with Gasteiger partial charge in [0.1, 0.15) is 0 Å². The van der Waals surface area contributed by atoms with Gasteiger partial charge in [0.2, 0.25) is 5.91 Å². The van der Waals surface area contributed by atoms with Crippen molar-refractivity contribution in [3.05, 3.63) is 70.2 Å². The largest absolute Gasteiger partial charge is 0.416 e. The van der Waals surface area contributed by atoms with E-state index in [2.05, 4.69) is 9.80 Å². The minimum absolute atomic E-state index is 0.0260. The molecule has 2 heterocycles. The summed E-state index contributed by atoms with van der Waals surface area (Å²) in [6, 6.07) is 13.1. The van der Waals surface area contributed by atoms with Gasteiger partial charge in [-0.1, -0.05) is 35.9 Å². The number of carbonyl (C=O) groups excluding carboxylic acids is 1. The molecule has 2 aliphatic rings. The third kappa shape index (κ3) is 7.69. The van der Waals surface area contributed by atoms with Crippen LogP contribution in [0.4, 0.5) is 13.2 Å². The Morgan fingerprint density at radius 3 is 2.49 bits per heavy atom. The summed E-state index contributed by atoms with van der Waals surface area (Å²) in [5.74, 6) is 0.217. The van der Waals surface area contributed by atoms with Crippen LogP contribution in [0, 0.1) is 0 Å². The van der Waals surface area contributed by atoms with E-state index >= 15 is 0 Å². The van der Waals surface area contributed by atoms with E-state index in [1.54, 1.807) is 0 Å². The maximum atomic E-state index is 13.1. The average molecular weight is 538 g/mol. The molecule has 2 fully saturated rings. The van der Waals surface area contributed by atoms with Gasteiger partial charge in [-0.15, -0.1) is 0 Å². The van der Waals surface area contributed by atoms with Crippen molar-refractivity contribution in [1.82, 2.24) is 14.7 Å². The standard InChI is InChI=1S/C28H35ClF3N3O2/c1-33(18-21-8-10-23(11-9-21)28(30,31)32)26-20-35(19-25(26)22-5-4-6-24(29)17-22)27(36)7-2-3-12-34-13-15-37-16-14-34/h4-6,8-11,17,25-26H,2-3,7,12-16,18-20H2,1H3/t25-,26?/m1/s1. The number of benzene rings is 2. The van der Waals surface area contributed by atoms with Crippen molar-refractivity contribution in [3.8, 4) is 0 Å². The molecule has 2 aromatic rings. The van der Waals surface area contributed by atoms with Crippen LogP contribution >= 0.6 is 11.6 Å². The van der Waals surface area contributed by atoms with E-state index < -0.39 is 11.7 Å². The predicted octanol–water partition coefficient (Wildman–Crippen LogP) is 5.29. The molecule has 4 rings (SSSR count). The summed E-state index contributed by atoms with van der Waals surface area (Å²) >= 11 is 6.28. The van der Waals surface area contributed by atoms with Gasteiger partial charge < -0.3 is 9.64 Å². The number of rotatable bonds is 9. The Balaban J connectivity index is 1.38. The van der Waals surface area contributed by atoms with Crippen molar-refractivity contribution in [2.45, 2.75) is 43.9 Å². The van der Waals surface area contributed by atoms with Gasteiger partial charge in [-0.3, -0.25) is 14.6 Å². The molecule has 0 bridgehead atoms. The third-order valence-electron chi connectivity index (χ3n) is 7.42. The number of likely N-dealkylation sites (tertiary alicyclic amines) is 1. The molecule has 2 aliphatic heterocycles. The number of amides is 1. The minimum atomic E-state index is -4.35. The summed E-state index contributed by atoms with van der Waals surface area (Å²) in [5.41, 5.74) is 1.22. The highest BCUT2D eigenvalue weighted by Gasteiger charge is 2.38. The summed E-state index contributed by atoms with van der Waals surface area (Å²) in [6.45, 7) is 6.11. The number of ether oxygens (including phenoxy) is 1. The zero-order chi connectivity index (χ0) is 26.4. The van der Waals surface area contributed by atoms with E-state index in [1.165, 1.54) is 12.1 Å². The molecule has 5 nitrogen and oxygen atoms in total. The van der Waals surface area contributed by atoms with Crippen LogP contribution in [0.3, 0.4) is 0 Å². The van der Waals surface area contributed by atoms with Crippen LogP contribution in [0.5, 0.6) is 0 Å². The summed E-state index contributed by atoms with van der Waals surface area (Å²) in [6.07, 6.45) is -2.01. The smallest absolute Gasteiger partial charge is 0.379 e. The third-order valence-corrected chi connectivity index (χ3v) is 7.65. The molecule has 202 valence electrons. The maximum absolute atomic E-state index is 13.1. The van der Waals surface area contributed by atoms with Crippen LogP contribution in [-0.2, 0) is 22.3 Å². The number of hydrogen-bond acceptors (Lipinski definition) is 4. The lowest BCUT2D eigenvalue weighted by Gasteiger charge is -2.29. The molecule has 0 N–H and O–H groups in total. The van der Waals surface area contributed by atoms with Crippen molar-refractivity contribution < 1.29 is 22.7 Å². The van der Waals surface area contributed by atoms with Crippen LogP contribution in [0.25, 0.3) is 0 Å². The SMILES string of the molecule is CN(Cc1ccc(C(F)(F)F)cc1)C1CN(C(=O)CCCCN2CCOCC2)C[C@@H]1c1cccc(Cl)c1. The van der Waals surface area contributed by atoms with Gasteiger partial charge in [0.15, 0.2) is 0 Å². The molecule has 1 unspecified atom stereocenters. The lowest BCUT2D eigenvalue weighted by atomic mass is 9.93. The van der Waals surface area contributed by atoms with Crippen LogP contribution in [0.1, 0.15) is 41.9 Å². The Bertz CT molecular complexity index is 1030. The van der Waals surface area contributed by atoms with E-state index in [-0.39, 0.29) is 17.9 Å². The summed E-state index contributed by atoms with van der Waals surface area (Å²) in [4.78, 5) is 19.6. The molecular weight excluding hydrogens is 503 g/mol. The first kappa shape index (κ1) is 27.9. The second-order valence-electron chi connectivity index (χ2n) is 10.0. The molecule has 2 aromatic carbocycles. The number of likely N-dealkylation sites (N-methyl/N-ethyl adjacent to an activating group) is 1. The van der Waals surface area contributed by atoms with Crippen LogP contribution in [0.2, 0.25) is 5.02 Å². The first-order valence-corrected chi connectivity index (χ1v) is 13.3. The Labute approximate surface area is 222 Å². The monoisotopic (exact) mass is 537 g/mol. The van der Waals surface area contributed by atoms with E-state index in [0.29, 0.717) is 31.1 Å². The Hall–Kier alpha value is -2.13. The van der Waals surface area contributed by atoms with Gasteiger partial charge in [-0.25, -0.2) is 0 Å². The first-order chi connectivity index (χ1) is 17.7. The zero-order valence-corrected chi connectivity index (χ0v) is 22.0. The van der Waals surface area contributed by atoms with Gasteiger partial charge in [0.25, 0.3) is 0 Å². The first-order valence-electron chi connectivity index (χ1n) is 12.9. The molecule has 0 aliphatic carbocycles. The van der Waals surface area contributed by atoms with Gasteiger partial charge in [0.05, 0.1) is 18.8 Å². The molecule has 0 saturated carbocycles. The highest BCUT2D eigenvalue weighted by Crippen LogP contribution is 2.34. The molecule has 2 atom stereocenters. The van der Waals surface area contributed by atoms with Crippen LogP contribution in [-0.4, -0.2) is 79.6 Å². The Kier molecular flexibility index (Phi) is 9.51. The zero-order valence-electron chi connectivity index (χ0n) is 21.2. The fourth-order valence-corrected chi connectivity index (χ4v) is 5.50. The number of nitrogens with zero attached hydrogens (tertiary/aromatic N) is 3. The lowest BCUT2D eigenvalue weighted by Crippen LogP contribution is -2.38. The second kappa shape index (κ2) is 12.6. The van der Waals surface area contributed by atoms with Gasteiger partial charge in [-0.2, -0.15) is 13.2 Å². The number of hydrogen-bond donors (Lipinski definition) is 0. The Morgan fingerprint density at radius 2 is 1.81 bits per heavy atom. The molecular formula is C28H35ClF3N3O2. The average Bonchev–Trinajstić information content (AvgIpc) is 3.33. The van der Waals surface area contributed by atoms with Crippen LogP contribution in [0.15, 0.2) is 48.5 Å². The van der Waals surface area contributed by atoms with Crippen molar-refractivity contribution in [2.75, 3.05) is 53.0 Å². The fourth-order valence-electron chi connectivity index (χ4n) is 5.30. The lowest BCUT2D eigenvalue weighted by molar-refractivity contribution is -0.137. The van der Waals surface area contributed by atoms with Crippen molar-refractivity contribution in [2.24, 2.45) is 0 Å². The molecule has 0 aromatic heterocycles. The normalized spacial score (nSPS) is 21.1. The molecule has 0 radical (unpaired) electrons. The van der Waals surface area contributed by atoms with E-state index in [1.807, 2.05) is 36.2 Å². The van der Waals surface area contributed by atoms with Crippen molar-refractivity contribution >= 4 is 17.5 Å². The topological polar surface area (TPSA) is 36.0 Å². The highest BCUT2D eigenvalue weighted by atomic mass is 35.5. The maximum Gasteiger partial charge on any atom is 0.416 e. The predicted molar refractivity (Wildman–Crippen MR) is 139 cm³/mol. The van der Waals surface area contributed by atoms with Gasteiger partial charge in [0, 0.05) is 56.1 Å². The number of unbranched alkanes of at least 4 members (excludes halogenated alkanes) is 1. The van der Waals surface area contributed by atoms with Crippen molar-refractivity contribution in [1.29, 1.82) is 0 Å². The molecule has 2 saturated heterocycles. The van der Waals surface area contributed by atoms with Gasteiger partial charge >= 0.3 is 6.18 Å². The molecule has 1 amide bonds. The summed E-state index contributed by atoms with van der Waals surface area (Å²) < 4.78 is 44.3. The van der Waals surface area contributed by atoms with E-state index in [4.69, 9.17) is 16.3 Å². The number of halogens is 4. The van der Waals surface area contributed by atoms with Crippen LogP contribution < -0.4 is 0 Å². The number of alkyl halides is 3. The van der Waals surface area contributed by atoms with Crippen molar-refractivity contribution in [3.63, 3.8) is 0 Å². The summed E-state index contributed by atoms with van der Waals surface area (Å²) in [5, 5.41) is 0.648. The fraction of sp³-hybridized carbons (Fsp3) is 0.536. The second-order valence-corrected chi connectivity index (χ2v) is 10.5. The number of carbonyl (C=O) groups is 1. The quantitative estimate of drug-likeness (QED) is 0.407. The molecule has 37 heavy (non-hydrogen) atoms. The molecule has 0 spiro atoms. The Morgan fingerprint density at radius 1 is 1.08 bits per heavy atom. The highest BCUT2D eigenvalue weighted by molar-refractivity contribution is 6.30. The van der Waals surface area contributed by atoms with E-state index in [0.717, 1.165) is 68.9 Å². The van der Waals surface area contributed by atoms with Gasteiger partial charge in [-0.05, 0) is 61.8 Å². The summed E-state index contributed by atoms with van der Waals surface area (Å²) in [7, 11) is 1.97.